The Hall–Kier alpha value is -1.92. The van der Waals surface area contributed by atoms with Crippen molar-refractivity contribution in [2.75, 3.05) is 13.1 Å². The van der Waals surface area contributed by atoms with Gasteiger partial charge in [-0.2, -0.15) is 0 Å². The molecule has 1 heterocycles. The summed E-state index contributed by atoms with van der Waals surface area (Å²) in [5.74, 6) is 0.569. The third kappa shape index (κ3) is 4.03. The Bertz CT molecular complexity index is 528. The maximum Gasteiger partial charge on any atom is 0.573 e. The van der Waals surface area contributed by atoms with Crippen LogP contribution in [0.5, 0.6) is 5.75 Å². The second kappa shape index (κ2) is 5.83. The molecule has 4 nitrogen and oxygen atoms in total. The number of alkyl halides is 3. The van der Waals surface area contributed by atoms with Crippen LogP contribution in [0, 0.1) is 5.92 Å². The Balaban J connectivity index is 2.19. The highest BCUT2D eigenvalue weighted by Gasteiger charge is 2.32. The fourth-order valence-corrected chi connectivity index (χ4v) is 2.35. The minimum atomic E-state index is -4.69. The van der Waals surface area contributed by atoms with Gasteiger partial charge in [0, 0.05) is 6.54 Å². The van der Waals surface area contributed by atoms with Crippen LogP contribution < -0.4 is 10.5 Å². The van der Waals surface area contributed by atoms with Gasteiger partial charge in [-0.3, -0.25) is 4.99 Å². The van der Waals surface area contributed by atoms with E-state index in [2.05, 4.69) is 9.73 Å². The molecule has 116 valence electrons. The van der Waals surface area contributed by atoms with Crippen LogP contribution in [0.25, 0.3) is 0 Å². The predicted octanol–water partition coefficient (Wildman–Crippen LogP) is 2.91. The molecule has 0 aliphatic carbocycles. The lowest BCUT2D eigenvalue weighted by atomic mass is 10.0. The number of nitrogens with zero attached hydrogens (tertiary/aromatic N) is 2. The van der Waals surface area contributed by atoms with Crippen LogP contribution in [0.2, 0.25) is 0 Å². The number of aliphatic imine (C=N–C) groups is 1. The highest BCUT2D eigenvalue weighted by atomic mass is 19.4. The second-order valence-corrected chi connectivity index (χ2v) is 5.38. The Morgan fingerprint density at radius 2 is 2.14 bits per heavy atom. The van der Waals surface area contributed by atoms with Gasteiger partial charge in [0.25, 0.3) is 0 Å². The van der Waals surface area contributed by atoms with E-state index in [0.29, 0.717) is 30.5 Å². The van der Waals surface area contributed by atoms with Crippen LogP contribution in [0.3, 0.4) is 0 Å². The standard InChI is InChI=1S/C14H18F3N3O/c1-9(2)8-20-12(7-19-13(20)18)10-4-3-5-11(6-10)21-14(15,16)17/h3-6,9,12H,7-8H2,1-2H3,(H2,18,19). The van der Waals surface area contributed by atoms with E-state index in [0.717, 1.165) is 0 Å². The van der Waals surface area contributed by atoms with E-state index in [9.17, 15) is 13.2 Å². The van der Waals surface area contributed by atoms with Crippen molar-refractivity contribution in [2.45, 2.75) is 26.3 Å². The van der Waals surface area contributed by atoms with Gasteiger partial charge in [0.15, 0.2) is 5.96 Å². The van der Waals surface area contributed by atoms with E-state index in [4.69, 9.17) is 5.73 Å². The number of ether oxygens (including phenoxy) is 1. The molecule has 1 aliphatic rings. The van der Waals surface area contributed by atoms with E-state index in [-0.39, 0.29) is 11.8 Å². The summed E-state index contributed by atoms with van der Waals surface area (Å²) >= 11 is 0. The van der Waals surface area contributed by atoms with Crippen LogP contribution in [-0.4, -0.2) is 30.3 Å². The summed E-state index contributed by atoms with van der Waals surface area (Å²) in [6.45, 7) is 5.23. The first kappa shape index (κ1) is 15.5. The van der Waals surface area contributed by atoms with Crippen molar-refractivity contribution in [3.8, 4) is 5.75 Å². The topological polar surface area (TPSA) is 50.8 Å². The van der Waals surface area contributed by atoms with Crippen LogP contribution in [-0.2, 0) is 0 Å². The molecule has 0 amide bonds. The molecule has 2 rings (SSSR count). The summed E-state index contributed by atoms with van der Waals surface area (Å²) in [6.07, 6.45) is -4.69. The fourth-order valence-electron chi connectivity index (χ4n) is 2.35. The van der Waals surface area contributed by atoms with E-state index in [1.54, 1.807) is 12.1 Å². The molecular formula is C14H18F3N3O. The quantitative estimate of drug-likeness (QED) is 0.930. The van der Waals surface area contributed by atoms with Gasteiger partial charge in [-0.1, -0.05) is 26.0 Å². The molecule has 1 atom stereocenters. The summed E-state index contributed by atoms with van der Waals surface area (Å²) in [6, 6.07) is 5.82. The number of halogens is 3. The number of rotatable bonds is 4. The second-order valence-electron chi connectivity index (χ2n) is 5.38. The van der Waals surface area contributed by atoms with Crippen LogP contribution >= 0.6 is 0 Å². The maximum absolute atomic E-state index is 12.3. The summed E-state index contributed by atoms with van der Waals surface area (Å²) in [5.41, 5.74) is 6.57. The van der Waals surface area contributed by atoms with Gasteiger partial charge in [0.1, 0.15) is 5.75 Å². The summed E-state index contributed by atoms with van der Waals surface area (Å²) in [7, 11) is 0. The molecule has 0 saturated heterocycles. The van der Waals surface area contributed by atoms with Crippen LogP contribution in [0.4, 0.5) is 13.2 Å². The van der Waals surface area contributed by atoms with Gasteiger partial charge in [0.05, 0.1) is 12.6 Å². The van der Waals surface area contributed by atoms with Gasteiger partial charge in [-0.05, 0) is 23.6 Å². The van der Waals surface area contributed by atoms with Crippen molar-refractivity contribution in [2.24, 2.45) is 16.6 Å². The van der Waals surface area contributed by atoms with E-state index < -0.39 is 6.36 Å². The third-order valence-corrected chi connectivity index (χ3v) is 3.14. The molecule has 21 heavy (non-hydrogen) atoms. The monoisotopic (exact) mass is 301 g/mol. The number of nitrogens with two attached hydrogens (primary N) is 1. The zero-order chi connectivity index (χ0) is 15.6. The maximum atomic E-state index is 12.3. The molecule has 0 bridgehead atoms. The Labute approximate surface area is 121 Å². The van der Waals surface area contributed by atoms with Crippen molar-refractivity contribution in [1.82, 2.24) is 4.90 Å². The minimum Gasteiger partial charge on any atom is -0.406 e. The van der Waals surface area contributed by atoms with Crippen molar-refractivity contribution in [3.05, 3.63) is 29.8 Å². The zero-order valence-electron chi connectivity index (χ0n) is 11.9. The number of benzene rings is 1. The smallest absolute Gasteiger partial charge is 0.406 e. The largest absolute Gasteiger partial charge is 0.573 e. The lowest BCUT2D eigenvalue weighted by molar-refractivity contribution is -0.274. The lowest BCUT2D eigenvalue weighted by Crippen LogP contribution is -2.38. The molecule has 0 aromatic heterocycles. The fraction of sp³-hybridized carbons (Fsp3) is 0.500. The highest BCUT2D eigenvalue weighted by Crippen LogP contribution is 2.30. The molecule has 1 aromatic rings. The van der Waals surface area contributed by atoms with Gasteiger partial charge in [0.2, 0.25) is 0 Å². The average Bonchev–Trinajstić information content (AvgIpc) is 2.68. The normalized spacial score (nSPS) is 19.0. The van der Waals surface area contributed by atoms with Crippen molar-refractivity contribution >= 4 is 5.96 Å². The Morgan fingerprint density at radius 1 is 1.43 bits per heavy atom. The van der Waals surface area contributed by atoms with E-state index >= 15 is 0 Å². The number of hydrogen-bond acceptors (Lipinski definition) is 4. The first-order valence-electron chi connectivity index (χ1n) is 6.68. The van der Waals surface area contributed by atoms with Gasteiger partial charge < -0.3 is 15.4 Å². The van der Waals surface area contributed by atoms with Crippen molar-refractivity contribution in [1.29, 1.82) is 0 Å². The van der Waals surface area contributed by atoms with Gasteiger partial charge in [-0.25, -0.2) is 0 Å². The number of hydrogen-bond donors (Lipinski definition) is 1. The lowest BCUT2D eigenvalue weighted by Gasteiger charge is -2.28. The molecule has 0 fully saturated rings. The summed E-state index contributed by atoms with van der Waals surface area (Å²) in [5, 5.41) is 0. The zero-order valence-corrected chi connectivity index (χ0v) is 11.9. The molecule has 1 aliphatic heterocycles. The molecule has 7 heteroatoms. The van der Waals surface area contributed by atoms with Crippen LogP contribution in [0.15, 0.2) is 29.3 Å². The molecule has 2 N–H and O–H groups in total. The minimum absolute atomic E-state index is 0.149. The average molecular weight is 301 g/mol. The highest BCUT2D eigenvalue weighted by molar-refractivity contribution is 5.80. The van der Waals surface area contributed by atoms with Crippen molar-refractivity contribution < 1.29 is 17.9 Å². The Kier molecular flexibility index (Phi) is 4.29. The SMILES string of the molecule is CC(C)CN1C(N)=NCC1c1cccc(OC(F)(F)F)c1. The molecule has 1 aromatic carbocycles. The summed E-state index contributed by atoms with van der Waals surface area (Å²) < 4.78 is 40.8. The van der Waals surface area contributed by atoms with Gasteiger partial charge >= 0.3 is 6.36 Å². The predicted molar refractivity (Wildman–Crippen MR) is 73.9 cm³/mol. The van der Waals surface area contributed by atoms with E-state index in [1.807, 2.05) is 18.7 Å². The summed E-state index contributed by atoms with van der Waals surface area (Å²) in [4.78, 5) is 6.10. The first-order chi connectivity index (χ1) is 9.76. The third-order valence-electron chi connectivity index (χ3n) is 3.14. The molecule has 1 unspecified atom stereocenters. The molecule has 0 spiro atoms. The molecular weight excluding hydrogens is 283 g/mol. The van der Waals surface area contributed by atoms with E-state index in [1.165, 1.54) is 12.1 Å². The Morgan fingerprint density at radius 3 is 2.76 bits per heavy atom. The van der Waals surface area contributed by atoms with Crippen LogP contribution in [0.1, 0.15) is 25.5 Å². The first-order valence-corrected chi connectivity index (χ1v) is 6.68. The van der Waals surface area contributed by atoms with Crippen molar-refractivity contribution in [3.63, 3.8) is 0 Å². The number of guanidine groups is 1. The van der Waals surface area contributed by atoms with Gasteiger partial charge in [-0.15, -0.1) is 13.2 Å². The molecule has 0 radical (unpaired) electrons. The molecule has 0 saturated carbocycles.